The van der Waals surface area contributed by atoms with Gasteiger partial charge in [0.2, 0.25) is 0 Å². The fourth-order valence-electron chi connectivity index (χ4n) is 6.49. The number of aromatic hydroxyl groups is 2. The van der Waals surface area contributed by atoms with Crippen molar-refractivity contribution in [1.29, 1.82) is 0 Å². The minimum Gasteiger partial charge on any atom is -0.507 e. The minimum atomic E-state index is -0.562. The van der Waals surface area contributed by atoms with Crippen LogP contribution in [0.15, 0.2) is 24.3 Å². The fourth-order valence-corrected chi connectivity index (χ4v) is 6.49. The van der Waals surface area contributed by atoms with Gasteiger partial charge in [-0.3, -0.25) is 4.79 Å². The molecule has 2 aliphatic heterocycles. The summed E-state index contributed by atoms with van der Waals surface area (Å²) < 4.78 is 36.8. The molecule has 0 unspecified atom stereocenters. The number of carbonyl (C=O) groups is 1. The molecule has 9 nitrogen and oxygen atoms in total. The number of ether oxygens (including phenoxy) is 6. The van der Waals surface area contributed by atoms with Gasteiger partial charge in [-0.25, -0.2) is 0 Å². The Balaban J connectivity index is 1.21. The van der Waals surface area contributed by atoms with Gasteiger partial charge < -0.3 is 38.6 Å². The molecule has 2 aliphatic rings. The first-order valence-electron chi connectivity index (χ1n) is 17.9. The number of hydrogen-bond acceptors (Lipinski definition) is 9. The van der Waals surface area contributed by atoms with Crippen LogP contribution in [0.25, 0.3) is 0 Å². The maximum Gasteiger partial charge on any atom is 0.306 e. The molecule has 0 bridgehead atoms. The minimum absolute atomic E-state index is 0.163. The SMILES string of the molecule is Cc1cc(CCC(=O)OCC(C)(C)C2OCC3(COC(C(C)(C)COCc4cc(C)c(O)c(C(C)(C)C)c4)OC3)CO2)cc(C(C)(C)C)c1O. The van der Waals surface area contributed by atoms with Crippen molar-refractivity contribution in [3.63, 3.8) is 0 Å². The van der Waals surface area contributed by atoms with Gasteiger partial charge in [0, 0.05) is 17.3 Å². The van der Waals surface area contributed by atoms with E-state index in [1.165, 1.54) is 0 Å². The molecular weight excluding hydrogens is 636 g/mol. The Labute approximate surface area is 299 Å². The van der Waals surface area contributed by atoms with E-state index in [1.54, 1.807) is 0 Å². The van der Waals surface area contributed by atoms with Crippen molar-refractivity contribution in [3.8, 4) is 11.5 Å². The van der Waals surface area contributed by atoms with Crippen molar-refractivity contribution in [1.82, 2.24) is 0 Å². The van der Waals surface area contributed by atoms with Gasteiger partial charge in [0.1, 0.15) is 18.1 Å². The van der Waals surface area contributed by atoms with E-state index in [1.807, 2.05) is 52.0 Å². The van der Waals surface area contributed by atoms with E-state index < -0.39 is 28.8 Å². The topological polar surface area (TPSA) is 113 Å². The second kappa shape index (κ2) is 15.1. The lowest BCUT2D eigenvalue weighted by Gasteiger charge is -2.48. The third-order valence-corrected chi connectivity index (χ3v) is 9.74. The number of esters is 1. The molecule has 2 heterocycles. The fraction of sp³-hybridized carbons (Fsp3) is 0.683. The maximum atomic E-state index is 12.7. The summed E-state index contributed by atoms with van der Waals surface area (Å²) in [5.74, 6) is 0.372. The summed E-state index contributed by atoms with van der Waals surface area (Å²) in [6.45, 7) is 27.0. The number of rotatable bonds is 11. The first-order chi connectivity index (χ1) is 23.0. The lowest BCUT2D eigenvalue weighted by atomic mass is 9.83. The summed E-state index contributed by atoms with van der Waals surface area (Å²) in [5.41, 5.74) is 3.69. The summed E-state index contributed by atoms with van der Waals surface area (Å²) in [5, 5.41) is 21.1. The Morgan fingerprint density at radius 3 is 1.58 bits per heavy atom. The van der Waals surface area contributed by atoms with Crippen LogP contribution in [-0.4, -0.2) is 68.4 Å². The molecule has 0 aliphatic carbocycles. The highest BCUT2D eigenvalue weighted by Gasteiger charge is 2.48. The molecule has 4 rings (SSSR count). The van der Waals surface area contributed by atoms with Gasteiger partial charge in [0.25, 0.3) is 0 Å². The van der Waals surface area contributed by atoms with Crippen molar-refractivity contribution in [2.24, 2.45) is 16.2 Å². The molecule has 9 heteroatoms. The molecule has 2 N–H and O–H groups in total. The molecule has 2 fully saturated rings. The first-order valence-corrected chi connectivity index (χ1v) is 17.9. The number of benzene rings is 2. The Hall–Kier alpha value is -2.69. The molecule has 0 atom stereocenters. The summed E-state index contributed by atoms with van der Waals surface area (Å²) in [6.07, 6.45) is -0.215. The van der Waals surface area contributed by atoms with Gasteiger partial charge in [0.05, 0.1) is 45.1 Å². The second-order valence-corrected chi connectivity index (χ2v) is 18.2. The Morgan fingerprint density at radius 1 is 0.700 bits per heavy atom. The molecule has 2 aromatic rings. The van der Waals surface area contributed by atoms with Crippen LogP contribution >= 0.6 is 0 Å². The van der Waals surface area contributed by atoms with Gasteiger partial charge in [-0.15, -0.1) is 0 Å². The van der Waals surface area contributed by atoms with Crippen LogP contribution in [0.5, 0.6) is 11.5 Å². The van der Waals surface area contributed by atoms with Crippen LogP contribution in [-0.2, 0) is 57.1 Å². The number of phenols is 2. The zero-order valence-electron chi connectivity index (χ0n) is 32.6. The molecule has 50 heavy (non-hydrogen) atoms. The van der Waals surface area contributed by atoms with E-state index in [-0.39, 0.29) is 29.8 Å². The van der Waals surface area contributed by atoms with Crippen LogP contribution in [0.4, 0.5) is 0 Å². The Morgan fingerprint density at radius 2 is 1.12 bits per heavy atom. The van der Waals surface area contributed by atoms with E-state index >= 15 is 0 Å². The summed E-state index contributed by atoms with van der Waals surface area (Å²) in [4.78, 5) is 12.7. The monoisotopic (exact) mass is 698 g/mol. The van der Waals surface area contributed by atoms with Crippen LogP contribution < -0.4 is 0 Å². The van der Waals surface area contributed by atoms with Crippen molar-refractivity contribution < 1.29 is 43.4 Å². The van der Waals surface area contributed by atoms with Gasteiger partial charge in [0.15, 0.2) is 12.6 Å². The highest BCUT2D eigenvalue weighted by molar-refractivity contribution is 5.69. The lowest BCUT2D eigenvalue weighted by molar-refractivity contribution is -0.337. The van der Waals surface area contributed by atoms with Gasteiger partial charge >= 0.3 is 5.97 Å². The third kappa shape index (κ3) is 9.79. The molecule has 1 spiro atoms. The van der Waals surface area contributed by atoms with Crippen LogP contribution in [0, 0.1) is 30.1 Å². The van der Waals surface area contributed by atoms with E-state index in [9.17, 15) is 15.0 Å². The van der Waals surface area contributed by atoms with E-state index in [4.69, 9.17) is 28.4 Å². The number of phenolic OH excluding ortho intramolecular Hbond substituents is 2. The molecule has 0 radical (unpaired) electrons. The summed E-state index contributed by atoms with van der Waals surface area (Å²) in [6, 6.07) is 7.91. The largest absolute Gasteiger partial charge is 0.507 e. The number of carbonyl (C=O) groups excluding carboxylic acids is 1. The maximum absolute atomic E-state index is 12.7. The van der Waals surface area contributed by atoms with Crippen LogP contribution in [0.3, 0.4) is 0 Å². The quantitative estimate of drug-likeness (QED) is 0.227. The van der Waals surface area contributed by atoms with Crippen LogP contribution in [0.1, 0.15) is 109 Å². The zero-order valence-corrected chi connectivity index (χ0v) is 32.6. The van der Waals surface area contributed by atoms with E-state index in [0.29, 0.717) is 57.6 Å². The number of aryl methyl sites for hydroxylation is 3. The first kappa shape index (κ1) is 40.1. The highest BCUT2D eigenvalue weighted by atomic mass is 16.7. The standard InChI is InChI=1S/C41H62O9/c1-26-15-28(17-30(33(26)43)37(3,4)5)13-14-32(42)46-21-40(11,12)36-49-24-41(25-50-36)22-47-35(48-23-41)39(9,10)20-45-19-29-16-27(2)34(44)31(18-29)38(6,7)8/h15-18,35-36,43-44H,13-14,19-25H2,1-12H3. The van der Waals surface area contributed by atoms with Gasteiger partial charge in [-0.2, -0.15) is 0 Å². The molecule has 0 saturated carbocycles. The molecule has 0 aromatic heterocycles. The smallest absolute Gasteiger partial charge is 0.306 e. The van der Waals surface area contributed by atoms with Gasteiger partial charge in [-0.05, 0) is 70.5 Å². The molecule has 280 valence electrons. The average Bonchev–Trinajstić information content (AvgIpc) is 3.01. The van der Waals surface area contributed by atoms with Crippen molar-refractivity contribution >= 4 is 5.97 Å². The van der Waals surface area contributed by atoms with Gasteiger partial charge in [-0.1, -0.05) is 87.4 Å². The predicted molar refractivity (Wildman–Crippen MR) is 193 cm³/mol. The van der Waals surface area contributed by atoms with E-state index in [2.05, 4.69) is 55.4 Å². The summed E-state index contributed by atoms with van der Waals surface area (Å²) in [7, 11) is 0. The highest BCUT2D eigenvalue weighted by Crippen LogP contribution is 2.40. The van der Waals surface area contributed by atoms with Crippen molar-refractivity contribution in [2.75, 3.05) is 39.6 Å². The Bertz CT molecular complexity index is 1480. The second-order valence-electron chi connectivity index (χ2n) is 18.2. The van der Waals surface area contributed by atoms with Crippen molar-refractivity contribution in [3.05, 3.63) is 57.6 Å². The molecule has 0 amide bonds. The third-order valence-electron chi connectivity index (χ3n) is 9.74. The lowest BCUT2D eigenvalue weighted by Crippen LogP contribution is -2.57. The zero-order chi connectivity index (χ0) is 37.3. The molecular formula is C41H62O9. The number of hydrogen-bond donors (Lipinski definition) is 2. The summed E-state index contributed by atoms with van der Waals surface area (Å²) >= 11 is 0. The van der Waals surface area contributed by atoms with Crippen LogP contribution in [0.2, 0.25) is 0 Å². The molecule has 2 saturated heterocycles. The van der Waals surface area contributed by atoms with Crippen molar-refractivity contribution in [2.45, 2.75) is 126 Å². The Kier molecular flexibility index (Phi) is 12.1. The average molecular weight is 699 g/mol. The predicted octanol–water partition coefficient (Wildman–Crippen LogP) is 7.79. The van der Waals surface area contributed by atoms with E-state index in [0.717, 1.165) is 33.4 Å². The normalized spacial score (nSPS) is 22.2. The molecule has 2 aromatic carbocycles.